The molecule has 0 bridgehead atoms. The number of unbranched alkanes of at least 4 members (excludes halogenated alkanes) is 6. The van der Waals surface area contributed by atoms with Crippen molar-refractivity contribution < 1.29 is 9.53 Å². The van der Waals surface area contributed by atoms with E-state index in [0.29, 0.717) is 6.61 Å². The fourth-order valence-corrected chi connectivity index (χ4v) is 4.34. The Kier molecular flexibility index (Phi) is 10.9. The SMILES string of the molecule is CCCCCCCCCOC(=O)c1ncc(C=C(C)C=CC2=C(C)CCCC2(C)C)cn1. The molecule has 4 heteroatoms. The van der Waals surface area contributed by atoms with Gasteiger partial charge in [-0.2, -0.15) is 0 Å². The molecular formula is C28H42N2O2. The number of hydrogen-bond acceptors (Lipinski definition) is 4. The van der Waals surface area contributed by atoms with E-state index in [-0.39, 0.29) is 11.2 Å². The summed E-state index contributed by atoms with van der Waals surface area (Å²) >= 11 is 0. The van der Waals surface area contributed by atoms with Crippen LogP contribution in [0.2, 0.25) is 0 Å². The van der Waals surface area contributed by atoms with Gasteiger partial charge in [-0.25, -0.2) is 14.8 Å². The molecule has 0 N–H and O–H groups in total. The van der Waals surface area contributed by atoms with Gasteiger partial charge in [-0.3, -0.25) is 0 Å². The van der Waals surface area contributed by atoms with E-state index in [1.165, 1.54) is 62.5 Å². The van der Waals surface area contributed by atoms with Gasteiger partial charge < -0.3 is 4.74 Å². The minimum Gasteiger partial charge on any atom is -0.460 e. The summed E-state index contributed by atoms with van der Waals surface area (Å²) in [7, 11) is 0. The number of carbonyl (C=O) groups excluding carboxylic acids is 1. The summed E-state index contributed by atoms with van der Waals surface area (Å²) in [5, 5.41) is 0. The molecule has 1 aromatic heterocycles. The lowest BCUT2D eigenvalue weighted by molar-refractivity contribution is 0.0483. The van der Waals surface area contributed by atoms with Gasteiger partial charge in [0.2, 0.25) is 5.82 Å². The van der Waals surface area contributed by atoms with Crippen molar-refractivity contribution in [3.8, 4) is 0 Å². The number of nitrogens with zero attached hydrogens (tertiary/aromatic N) is 2. The van der Waals surface area contributed by atoms with E-state index in [0.717, 1.165) is 24.0 Å². The minimum atomic E-state index is -0.440. The van der Waals surface area contributed by atoms with Crippen molar-refractivity contribution >= 4 is 12.0 Å². The Bertz CT molecular complexity index is 816. The quantitative estimate of drug-likeness (QED) is 0.189. The Morgan fingerprint density at radius 3 is 2.41 bits per heavy atom. The number of carbonyl (C=O) groups is 1. The summed E-state index contributed by atoms with van der Waals surface area (Å²) in [6.07, 6.45) is 21.9. The molecule has 32 heavy (non-hydrogen) atoms. The fourth-order valence-electron chi connectivity index (χ4n) is 4.34. The highest BCUT2D eigenvalue weighted by molar-refractivity contribution is 5.85. The Balaban J connectivity index is 1.82. The second-order valence-corrected chi connectivity index (χ2v) is 9.75. The fraction of sp³-hybridized carbons (Fsp3) is 0.607. The molecule has 0 fully saturated rings. The van der Waals surface area contributed by atoms with Gasteiger partial charge in [-0.05, 0) is 56.6 Å². The number of allylic oxidation sites excluding steroid dienone is 5. The van der Waals surface area contributed by atoms with Crippen molar-refractivity contribution in [1.29, 1.82) is 0 Å². The van der Waals surface area contributed by atoms with Crippen molar-refractivity contribution in [2.75, 3.05) is 6.61 Å². The first kappa shape index (κ1) is 26.0. The molecule has 0 aromatic carbocycles. The third-order valence-electron chi connectivity index (χ3n) is 6.29. The predicted octanol–water partition coefficient (Wildman–Crippen LogP) is 7.87. The lowest BCUT2D eigenvalue weighted by atomic mass is 9.72. The van der Waals surface area contributed by atoms with E-state index in [2.05, 4.69) is 56.7 Å². The molecule has 0 radical (unpaired) electrons. The number of hydrogen-bond donors (Lipinski definition) is 0. The highest BCUT2D eigenvalue weighted by Gasteiger charge is 2.26. The van der Waals surface area contributed by atoms with Crippen LogP contribution in [0.1, 0.15) is 115 Å². The average Bonchev–Trinajstić information content (AvgIpc) is 2.75. The van der Waals surface area contributed by atoms with E-state index >= 15 is 0 Å². The summed E-state index contributed by atoms with van der Waals surface area (Å²) in [5.41, 5.74) is 5.19. The Morgan fingerprint density at radius 1 is 1.09 bits per heavy atom. The van der Waals surface area contributed by atoms with Crippen LogP contribution in [0.25, 0.3) is 6.08 Å². The number of rotatable bonds is 12. The maximum Gasteiger partial charge on any atom is 0.376 e. The summed E-state index contributed by atoms with van der Waals surface area (Å²) < 4.78 is 5.32. The van der Waals surface area contributed by atoms with Crippen LogP contribution in [0.3, 0.4) is 0 Å². The van der Waals surface area contributed by atoms with Gasteiger partial charge in [-0.1, -0.05) is 82.6 Å². The summed E-state index contributed by atoms with van der Waals surface area (Å²) in [5.74, 6) is -0.312. The molecule has 0 unspecified atom stereocenters. The maximum atomic E-state index is 12.1. The van der Waals surface area contributed by atoms with Gasteiger partial charge >= 0.3 is 5.97 Å². The number of ether oxygens (including phenoxy) is 1. The molecule has 0 saturated carbocycles. The Hall–Kier alpha value is -2.23. The van der Waals surface area contributed by atoms with Gasteiger partial charge in [0.1, 0.15) is 0 Å². The lowest BCUT2D eigenvalue weighted by Crippen LogP contribution is -2.19. The van der Waals surface area contributed by atoms with E-state index in [4.69, 9.17) is 4.74 Å². The summed E-state index contributed by atoms with van der Waals surface area (Å²) in [4.78, 5) is 20.5. The molecule has 1 aliphatic rings. The van der Waals surface area contributed by atoms with Crippen LogP contribution in [0.5, 0.6) is 0 Å². The standard InChI is InChI=1S/C28H42N2O2/c1-6-7-8-9-10-11-12-18-32-27(31)26-29-20-24(21-30-26)19-22(2)15-16-25-23(3)14-13-17-28(25,4)5/h15-16,19-21H,6-14,17-18H2,1-5H3. The molecule has 0 amide bonds. The van der Waals surface area contributed by atoms with E-state index in [1.54, 1.807) is 12.4 Å². The lowest BCUT2D eigenvalue weighted by Gasteiger charge is -2.32. The topological polar surface area (TPSA) is 52.1 Å². The molecule has 0 saturated heterocycles. The van der Waals surface area contributed by atoms with Crippen molar-refractivity contribution in [3.63, 3.8) is 0 Å². The van der Waals surface area contributed by atoms with Crippen LogP contribution in [0, 0.1) is 5.41 Å². The largest absolute Gasteiger partial charge is 0.460 e. The zero-order valence-electron chi connectivity index (χ0n) is 20.9. The molecule has 0 aliphatic heterocycles. The number of aromatic nitrogens is 2. The Morgan fingerprint density at radius 2 is 1.75 bits per heavy atom. The van der Waals surface area contributed by atoms with Crippen LogP contribution in [-0.2, 0) is 4.74 Å². The monoisotopic (exact) mass is 438 g/mol. The smallest absolute Gasteiger partial charge is 0.376 e. The molecule has 176 valence electrons. The number of esters is 1. The molecule has 1 heterocycles. The molecule has 4 nitrogen and oxygen atoms in total. The third-order valence-corrected chi connectivity index (χ3v) is 6.29. The Labute approximate surface area is 195 Å². The predicted molar refractivity (Wildman–Crippen MR) is 133 cm³/mol. The molecule has 1 aliphatic carbocycles. The zero-order valence-corrected chi connectivity index (χ0v) is 20.9. The van der Waals surface area contributed by atoms with Gasteiger partial charge in [0.25, 0.3) is 0 Å². The second-order valence-electron chi connectivity index (χ2n) is 9.75. The van der Waals surface area contributed by atoms with E-state index < -0.39 is 5.97 Å². The highest BCUT2D eigenvalue weighted by atomic mass is 16.5. The van der Waals surface area contributed by atoms with Crippen LogP contribution >= 0.6 is 0 Å². The van der Waals surface area contributed by atoms with Gasteiger partial charge in [0.05, 0.1) is 6.61 Å². The first-order chi connectivity index (χ1) is 15.3. The van der Waals surface area contributed by atoms with Crippen molar-refractivity contribution in [1.82, 2.24) is 9.97 Å². The van der Waals surface area contributed by atoms with Crippen molar-refractivity contribution in [2.24, 2.45) is 5.41 Å². The van der Waals surface area contributed by atoms with Crippen LogP contribution < -0.4 is 0 Å². The molecule has 2 rings (SSSR count). The average molecular weight is 439 g/mol. The molecule has 0 atom stereocenters. The minimum absolute atomic E-state index is 0.128. The van der Waals surface area contributed by atoms with Crippen LogP contribution in [0.15, 0.2) is 41.3 Å². The highest BCUT2D eigenvalue weighted by Crippen LogP contribution is 2.40. The van der Waals surface area contributed by atoms with Crippen LogP contribution in [0.4, 0.5) is 0 Å². The summed E-state index contributed by atoms with van der Waals surface area (Å²) in [6, 6.07) is 0. The van der Waals surface area contributed by atoms with E-state index in [9.17, 15) is 4.79 Å². The van der Waals surface area contributed by atoms with E-state index in [1.807, 2.05) is 6.08 Å². The molecular weight excluding hydrogens is 396 g/mol. The molecule has 1 aromatic rings. The van der Waals surface area contributed by atoms with Gasteiger partial charge in [0, 0.05) is 18.0 Å². The second kappa shape index (κ2) is 13.3. The zero-order chi connectivity index (χ0) is 23.4. The third kappa shape index (κ3) is 8.72. The first-order valence-corrected chi connectivity index (χ1v) is 12.4. The normalized spacial score (nSPS) is 16.6. The van der Waals surface area contributed by atoms with Gasteiger partial charge in [0.15, 0.2) is 0 Å². The summed E-state index contributed by atoms with van der Waals surface area (Å²) in [6.45, 7) is 11.6. The van der Waals surface area contributed by atoms with Crippen molar-refractivity contribution in [2.45, 2.75) is 98.8 Å². The maximum absolute atomic E-state index is 12.1. The van der Waals surface area contributed by atoms with Crippen LogP contribution in [-0.4, -0.2) is 22.5 Å². The van der Waals surface area contributed by atoms with Crippen molar-refractivity contribution in [3.05, 3.63) is 52.7 Å². The first-order valence-electron chi connectivity index (χ1n) is 12.4. The molecule has 0 spiro atoms. The van der Waals surface area contributed by atoms with Gasteiger partial charge in [-0.15, -0.1) is 0 Å².